The molecule has 4 nitrogen and oxygen atoms in total. The molecular weight excluding hydrogens is 296 g/mol. The largest absolute Gasteiger partial charge is 0.478 e. The van der Waals surface area contributed by atoms with E-state index in [-0.39, 0.29) is 11.6 Å². The summed E-state index contributed by atoms with van der Waals surface area (Å²) in [6, 6.07) is 1.81. The van der Waals surface area contributed by atoms with E-state index in [4.69, 9.17) is 0 Å². The SMILES string of the molecule is CC(C)CN(c1ncc(Br)cc1C(=O)O)C(C)C. The van der Waals surface area contributed by atoms with Crippen LogP contribution >= 0.6 is 15.9 Å². The molecule has 5 heteroatoms. The minimum Gasteiger partial charge on any atom is -0.478 e. The van der Waals surface area contributed by atoms with Gasteiger partial charge in [0.25, 0.3) is 0 Å². The van der Waals surface area contributed by atoms with Crippen LogP contribution in [-0.4, -0.2) is 28.6 Å². The second kappa shape index (κ2) is 6.18. The zero-order valence-corrected chi connectivity index (χ0v) is 12.7. The predicted molar refractivity (Wildman–Crippen MR) is 76.2 cm³/mol. The molecule has 0 unspecified atom stereocenters. The van der Waals surface area contributed by atoms with E-state index in [0.717, 1.165) is 6.54 Å². The third-order valence-electron chi connectivity index (χ3n) is 2.52. The molecule has 0 bridgehead atoms. The van der Waals surface area contributed by atoms with Crippen molar-refractivity contribution in [3.8, 4) is 0 Å². The summed E-state index contributed by atoms with van der Waals surface area (Å²) in [5.74, 6) is 0.0297. The summed E-state index contributed by atoms with van der Waals surface area (Å²) in [6.07, 6.45) is 1.64. The standard InChI is InChI=1S/C13H19BrN2O2/c1-8(2)7-16(9(3)4)12-11(13(17)18)5-10(14)6-15-12/h5-6,8-9H,7H2,1-4H3,(H,17,18). The molecular formula is C13H19BrN2O2. The minimum atomic E-state index is -0.951. The van der Waals surface area contributed by atoms with Gasteiger partial charge >= 0.3 is 5.97 Å². The van der Waals surface area contributed by atoms with Crippen molar-refractivity contribution in [2.75, 3.05) is 11.4 Å². The highest BCUT2D eigenvalue weighted by Crippen LogP contribution is 2.24. The molecule has 0 aromatic carbocycles. The van der Waals surface area contributed by atoms with Gasteiger partial charge in [-0.05, 0) is 41.8 Å². The lowest BCUT2D eigenvalue weighted by Crippen LogP contribution is -2.36. The fourth-order valence-electron chi connectivity index (χ4n) is 1.75. The summed E-state index contributed by atoms with van der Waals surface area (Å²) in [5.41, 5.74) is 0.235. The van der Waals surface area contributed by atoms with Gasteiger partial charge in [-0.25, -0.2) is 9.78 Å². The fourth-order valence-corrected chi connectivity index (χ4v) is 2.08. The molecule has 0 radical (unpaired) electrons. The van der Waals surface area contributed by atoms with Crippen LogP contribution in [0.2, 0.25) is 0 Å². The first-order chi connectivity index (χ1) is 8.32. The summed E-state index contributed by atoms with van der Waals surface area (Å²) in [6.45, 7) is 9.07. The third-order valence-corrected chi connectivity index (χ3v) is 2.95. The first-order valence-electron chi connectivity index (χ1n) is 5.98. The van der Waals surface area contributed by atoms with E-state index in [1.165, 1.54) is 0 Å². The van der Waals surface area contributed by atoms with E-state index in [0.29, 0.717) is 16.2 Å². The van der Waals surface area contributed by atoms with Gasteiger partial charge in [-0.1, -0.05) is 13.8 Å². The van der Waals surface area contributed by atoms with Crippen molar-refractivity contribution in [1.29, 1.82) is 0 Å². The number of nitrogens with zero attached hydrogens (tertiary/aromatic N) is 2. The molecule has 0 fully saturated rings. The molecule has 0 saturated heterocycles. The third kappa shape index (κ3) is 3.70. The van der Waals surface area contributed by atoms with Gasteiger partial charge in [-0.2, -0.15) is 0 Å². The zero-order chi connectivity index (χ0) is 13.9. The Morgan fingerprint density at radius 3 is 2.50 bits per heavy atom. The van der Waals surface area contributed by atoms with Crippen molar-refractivity contribution in [1.82, 2.24) is 4.98 Å². The lowest BCUT2D eigenvalue weighted by Gasteiger charge is -2.30. The van der Waals surface area contributed by atoms with Crippen LogP contribution in [0.15, 0.2) is 16.7 Å². The van der Waals surface area contributed by atoms with E-state index in [1.54, 1.807) is 12.3 Å². The average molecular weight is 315 g/mol. The first kappa shape index (κ1) is 15.0. The van der Waals surface area contributed by atoms with Crippen molar-refractivity contribution >= 4 is 27.7 Å². The Labute approximate surface area is 116 Å². The number of carboxylic acid groups (broad SMARTS) is 1. The van der Waals surface area contributed by atoms with Crippen molar-refractivity contribution in [3.05, 3.63) is 22.3 Å². The van der Waals surface area contributed by atoms with E-state index < -0.39 is 5.97 Å². The molecule has 100 valence electrons. The van der Waals surface area contributed by atoms with Gasteiger partial charge in [0.1, 0.15) is 11.4 Å². The van der Waals surface area contributed by atoms with Crippen molar-refractivity contribution in [2.24, 2.45) is 5.92 Å². The normalized spacial score (nSPS) is 11.1. The molecule has 0 spiro atoms. The van der Waals surface area contributed by atoms with Gasteiger partial charge in [-0.15, -0.1) is 0 Å². The van der Waals surface area contributed by atoms with E-state index in [1.807, 2.05) is 18.7 Å². The molecule has 0 atom stereocenters. The molecule has 0 aliphatic rings. The number of aromatic carboxylic acids is 1. The van der Waals surface area contributed by atoms with Gasteiger partial charge in [0.2, 0.25) is 0 Å². The topological polar surface area (TPSA) is 53.4 Å². The second-order valence-electron chi connectivity index (χ2n) is 4.97. The summed E-state index contributed by atoms with van der Waals surface area (Å²) in [4.78, 5) is 17.6. The predicted octanol–water partition coefficient (Wildman–Crippen LogP) is 3.41. The summed E-state index contributed by atoms with van der Waals surface area (Å²) < 4.78 is 0.678. The number of hydrogen-bond donors (Lipinski definition) is 1. The van der Waals surface area contributed by atoms with Gasteiger partial charge in [0.05, 0.1) is 0 Å². The van der Waals surface area contributed by atoms with E-state index in [9.17, 15) is 9.90 Å². The Morgan fingerprint density at radius 1 is 1.44 bits per heavy atom. The number of carbonyl (C=O) groups is 1. The number of pyridine rings is 1. The summed E-state index contributed by atoms with van der Waals surface area (Å²) in [7, 11) is 0. The average Bonchev–Trinajstić information content (AvgIpc) is 2.25. The highest BCUT2D eigenvalue weighted by molar-refractivity contribution is 9.10. The van der Waals surface area contributed by atoms with Crippen molar-refractivity contribution in [2.45, 2.75) is 33.7 Å². The lowest BCUT2D eigenvalue weighted by molar-refractivity contribution is 0.0697. The Morgan fingerprint density at radius 2 is 2.06 bits per heavy atom. The number of anilines is 1. The zero-order valence-electron chi connectivity index (χ0n) is 11.1. The quantitative estimate of drug-likeness (QED) is 0.904. The van der Waals surface area contributed by atoms with Crippen LogP contribution in [-0.2, 0) is 0 Å². The van der Waals surface area contributed by atoms with Crippen LogP contribution in [0.5, 0.6) is 0 Å². The molecule has 18 heavy (non-hydrogen) atoms. The van der Waals surface area contributed by atoms with Crippen LogP contribution in [0, 0.1) is 5.92 Å². The smallest absolute Gasteiger partial charge is 0.339 e. The lowest BCUT2D eigenvalue weighted by atomic mass is 10.1. The number of hydrogen-bond acceptors (Lipinski definition) is 3. The maximum absolute atomic E-state index is 11.3. The van der Waals surface area contributed by atoms with Crippen LogP contribution in [0.3, 0.4) is 0 Å². The molecule has 1 N–H and O–H groups in total. The van der Waals surface area contributed by atoms with E-state index in [2.05, 4.69) is 34.8 Å². The van der Waals surface area contributed by atoms with Crippen molar-refractivity contribution in [3.63, 3.8) is 0 Å². The first-order valence-corrected chi connectivity index (χ1v) is 6.77. The van der Waals surface area contributed by atoms with Gasteiger partial charge in [-0.3, -0.25) is 0 Å². The Balaban J connectivity index is 3.22. The number of rotatable bonds is 5. The summed E-state index contributed by atoms with van der Waals surface area (Å²) in [5, 5.41) is 9.27. The molecule has 1 heterocycles. The van der Waals surface area contributed by atoms with Gasteiger partial charge in [0.15, 0.2) is 0 Å². The molecule has 0 aliphatic heterocycles. The number of aromatic nitrogens is 1. The second-order valence-corrected chi connectivity index (χ2v) is 5.89. The molecule has 1 aromatic heterocycles. The molecule has 1 rings (SSSR count). The van der Waals surface area contributed by atoms with Gasteiger partial charge < -0.3 is 10.0 Å². The van der Waals surface area contributed by atoms with E-state index >= 15 is 0 Å². The van der Waals surface area contributed by atoms with Crippen LogP contribution in [0.1, 0.15) is 38.1 Å². The van der Waals surface area contributed by atoms with Crippen LogP contribution < -0.4 is 4.90 Å². The van der Waals surface area contributed by atoms with Gasteiger partial charge in [0, 0.05) is 23.3 Å². The highest BCUT2D eigenvalue weighted by Gasteiger charge is 2.21. The monoisotopic (exact) mass is 314 g/mol. The highest BCUT2D eigenvalue weighted by atomic mass is 79.9. The Kier molecular flexibility index (Phi) is 5.14. The molecule has 1 aromatic rings. The molecule has 0 amide bonds. The maximum Gasteiger partial charge on any atom is 0.339 e. The minimum absolute atomic E-state index is 0.208. The number of carboxylic acids is 1. The molecule has 0 aliphatic carbocycles. The number of halogens is 1. The summed E-state index contributed by atoms with van der Waals surface area (Å²) >= 11 is 3.26. The maximum atomic E-state index is 11.3. The fraction of sp³-hybridized carbons (Fsp3) is 0.538. The Hall–Kier alpha value is -1.10. The van der Waals surface area contributed by atoms with Crippen LogP contribution in [0.4, 0.5) is 5.82 Å². The van der Waals surface area contributed by atoms with Crippen molar-refractivity contribution < 1.29 is 9.90 Å². The Bertz CT molecular complexity index is 433. The molecule has 0 saturated carbocycles. The van der Waals surface area contributed by atoms with Crippen LogP contribution in [0.25, 0.3) is 0 Å².